The fourth-order valence-electron chi connectivity index (χ4n) is 3.54. The third kappa shape index (κ3) is 3.04. The lowest BCUT2D eigenvalue weighted by atomic mass is 10.1. The Morgan fingerprint density at radius 1 is 1.07 bits per heavy atom. The SMILES string of the molecule is O=C(CN1c2cccc3cccc(c23)S1(=O)=O)Nc1nc(-c2ccccc2Cl)cs1. The van der Waals surface area contributed by atoms with Gasteiger partial charge in [0.1, 0.15) is 6.54 Å². The summed E-state index contributed by atoms with van der Waals surface area (Å²) in [4.78, 5) is 17.3. The number of benzene rings is 3. The maximum absolute atomic E-state index is 13.0. The van der Waals surface area contributed by atoms with Crippen molar-refractivity contribution in [2.45, 2.75) is 4.90 Å². The predicted molar refractivity (Wildman–Crippen MR) is 120 cm³/mol. The Kier molecular flexibility index (Phi) is 4.50. The predicted octanol–water partition coefficient (Wildman–Crippen LogP) is 4.76. The molecule has 0 spiro atoms. The van der Waals surface area contributed by atoms with Gasteiger partial charge >= 0.3 is 0 Å². The van der Waals surface area contributed by atoms with E-state index in [0.29, 0.717) is 26.9 Å². The van der Waals surface area contributed by atoms with Crippen LogP contribution < -0.4 is 9.62 Å². The van der Waals surface area contributed by atoms with Crippen LogP contribution in [0.2, 0.25) is 5.02 Å². The van der Waals surface area contributed by atoms with Crippen LogP contribution in [0.3, 0.4) is 0 Å². The molecule has 0 saturated carbocycles. The molecule has 0 atom stereocenters. The number of carbonyl (C=O) groups excluding carboxylic acids is 1. The number of hydrogen-bond acceptors (Lipinski definition) is 5. The highest BCUT2D eigenvalue weighted by molar-refractivity contribution is 7.93. The van der Waals surface area contributed by atoms with E-state index in [9.17, 15) is 13.2 Å². The van der Waals surface area contributed by atoms with E-state index in [1.54, 1.807) is 35.7 Å². The summed E-state index contributed by atoms with van der Waals surface area (Å²) in [5.41, 5.74) is 1.92. The maximum atomic E-state index is 13.0. The number of nitrogens with one attached hydrogen (secondary N) is 1. The second-order valence-electron chi connectivity index (χ2n) is 6.71. The van der Waals surface area contributed by atoms with Gasteiger partial charge in [-0.25, -0.2) is 13.4 Å². The summed E-state index contributed by atoms with van der Waals surface area (Å²) < 4.78 is 27.1. The minimum atomic E-state index is -3.79. The Morgan fingerprint density at radius 2 is 1.83 bits per heavy atom. The van der Waals surface area contributed by atoms with E-state index in [0.717, 1.165) is 15.3 Å². The second-order valence-corrected chi connectivity index (χ2v) is 9.81. The largest absolute Gasteiger partial charge is 0.300 e. The fourth-order valence-corrected chi connectivity index (χ4v) is 6.17. The molecule has 1 aromatic heterocycles. The van der Waals surface area contributed by atoms with Crippen molar-refractivity contribution in [2.75, 3.05) is 16.2 Å². The Hall–Kier alpha value is -2.94. The summed E-state index contributed by atoms with van der Waals surface area (Å²) >= 11 is 7.46. The first-order valence-electron chi connectivity index (χ1n) is 9.00. The summed E-state index contributed by atoms with van der Waals surface area (Å²) in [7, 11) is -3.79. The lowest BCUT2D eigenvalue weighted by Crippen LogP contribution is -2.35. The molecule has 1 aliphatic heterocycles. The summed E-state index contributed by atoms with van der Waals surface area (Å²) in [5, 5.41) is 6.89. The number of aromatic nitrogens is 1. The number of sulfonamides is 1. The van der Waals surface area contributed by atoms with Crippen molar-refractivity contribution in [1.29, 1.82) is 0 Å². The molecular weight excluding hydrogens is 442 g/mol. The van der Waals surface area contributed by atoms with E-state index in [1.165, 1.54) is 11.3 Å². The van der Waals surface area contributed by atoms with Crippen molar-refractivity contribution < 1.29 is 13.2 Å². The molecular formula is C21H14ClN3O3S2. The molecule has 5 rings (SSSR count). The lowest BCUT2D eigenvalue weighted by molar-refractivity contribution is -0.114. The minimum absolute atomic E-state index is 0.221. The Balaban J connectivity index is 1.40. The van der Waals surface area contributed by atoms with Crippen LogP contribution in [0.25, 0.3) is 22.0 Å². The Labute approximate surface area is 181 Å². The molecule has 3 aromatic carbocycles. The van der Waals surface area contributed by atoms with Gasteiger partial charge in [0.05, 0.1) is 16.3 Å². The van der Waals surface area contributed by atoms with Crippen molar-refractivity contribution in [1.82, 2.24) is 4.98 Å². The Bertz CT molecular complexity index is 1410. The number of halogens is 1. The quantitative estimate of drug-likeness (QED) is 0.481. The third-order valence-electron chi connectivity index (χ3n) is 4.87. The molecule has 0 bridgehead atoms. The molecule has 0 fully saturated rings. The Morgan fingerprint density at radius 3 is 2.63 bits per heavy atom. The smallest absolute Gasteiger partial charge is 0.265 e. The van der Waals surface area contributed by atoms with Crippen LogP contribution in [0.1, 0.15) is 0 Å². The zero-order valence-corrected chi connectivity index (χ0v) is 17.8. The monoisotopic (exact) mass is 455 g/mol. The van der Waals surface area contributed by atoms with Gasteiger partial charge in [-0.2, -0.15) is 0 Å². The number of thiazole rings is 1. The first kappa shape index (κ1) is 19.0. The van der Waals surface area contributed by atoms with Crippen LogP contribution >= 0.6 is 22.9 Å². The van der Waals surface area contributed by atoms with Gasteiger partial charge in [-0.3, -0.25) is 9.10 Å². The third-order valence-corrected chi connectivity index (χ3v) is 7.76. The molecule has 0 unspecified atom stereocenters. The van der Waals surface area contributed by atoms with E-state index in [2.05, 4.69) is 10.3 Å². The van der Waals surface area contributed by atoms with Gasteiger partial charge < -0.3 is 5.32 Å². The number of nitrogens with zero attached hydrogens (tertiary/aromatic N) is 2. The van der Waals surface area contributed by atoms with Crippen molar-refractivity contribution >= 4 is 60.5 Å². The van der Waals surface area contributed by atoms with Crippen molar-refractivity contribution in [3.05, 3.63) is 71.1 Å². The van der Waals surface area contributed by atoms with E-state index in [-0.39, 0.29) is 11.4 Å². The van der Waals surface area contributed by atoms with Gasteiger partial charge in [-0.15, -0.1) is 11.3 Å². The number of hydrogen-bond donors (Lipinski definition) is 1. The summed E-state index contributed by atoms with van der Waals surface area (Å²) in [5.74, 6) is -0.469. The first-order valence-corrected chi connectivity index (χ1v) is 11.7. The number of anilines is 2. The molecule has 9 heteroatoms. The van der Waals surface area contributed by atoms with Crippen LogP contribution in [0.5, 0.6) is 0 Å². The minimum Gasteiger partial charge on any atom is -0.300 e. The highest BCUT2D eigenvalue weighted by atomic mass is 35.5. The summed E-state index contributed by atoms with van der Waals surface area (Å²) in [6.45, 7) is -0.336. The van der Waals surface area contributed by atoms with Gasteiger partial charge in [0.25, 0.3) is 10.0 Å². The maximum Gasteiger partial charge on any atom is 0.265 e. The molecule has 2 heterocycles. The van der Waals surface area contributed by atoms with Gasteiger partial charge in [0, 0.05) is 21.4 Å². The van der Waals surface area contributed by atoms with Gasteiger partial charge in [0.2, 0.25) is 5.91 Å². The number of rotatable bonds is 4. The standard InChI is InChI=1S/C21H14ClN3O3S2/c22-15-8-2-1-7-14(15)16-12-29-21(23-16)24-19(26)11-25-17-9-3-5-13-6-4-10-18(20(13)17)30(25,27)28/h1-10,12H,11H2,(H,23,24,26). The van der Waals surface area contributed by atoms with Crippen LogP contribution in [0.15, 0.2) is 70.9 Å². The molecule has 4 aromatic rings. The molecule has 150 valence electrons. The number of amides is 1. The highest BCUT2D eigenvalue weighted by Crippen LogP contribution is 2.41. The number of carbonyl (C=O) groups is 1. The van der Waals surface area contributed by atoms with Crippen LogP contribution in [0, 0.1) is 0 Å². The summed E-state index contributed by atoms with van der Waals surface area (Å²) in [6, 6.07) is 17.8. The molecule has 6 nitrogen and oxygen atoms in total. The second kappa shape index (κ2) is 7.09. The fraction of sp³-hybridized carbons (Fsp3) is 0.0476. The van der Waals surface area contributed by atoms with Crippen LogP contribution in [0.4, 0.5) is 10.8 Å². The van der Waals surface area contributed by atoms with E-state index in [4.69, 9.17) is 11.6 Å². The zero-order valence-electron chi connectivity index (χ0n) is 15.4. The van der Waals surface area contributed by atoms with Gasteiger partial charge in [0.15, 0.2) is 5.13 Å². The zero-order chi connectivity index (χ0) is 20.9. The van der Waals surface area contributed by atoms with E-state index < -0.39 is 15.9 Å². The van der Waals surface area contributed by atoms with E-state index >= 15 is 0 Å². The summed E-state index contributed by atoms with van der Waals surface area (Å²) in [6.07, 6.45) is 0. The molecule has 0 radical (unpaired) electrons. The molecule has 1 N–H and O–H groups in total. The van der Waals surface area contributed by atoms with Crippen molar-refractivity contribution in [3.63, 3.8) is 0 Å². The van der Waals surface area contributed by atoms with Crippen molar-refractivity contribution in [2.24, 2.45) is 0 Å². The van der Waals surface area contributed by atoms with Gasteiger partial charge in [-0.1, -0.05) is 54.1 Å². The highest BCUT2D eigenvalue weighted by Gasteiger charge is 2.36. The van der Waals surface area contributed by atoms with Crippen LogP contribution in [-0.2, 0) is 14.8 Å². The molecule has 0 aliphatic carbocycles. The lowest BCUT2D eigenvalue weighted by Gasteiger charge is -2.17. The van der Waals surface area contributed by atoms with E-state index in [1.807, 2.05) is 30.3 Å². The topological polar surface area (TPSA) is 79.4 Å². The average Bonchev–Trinajstić information content (AvgIpc) is 3.27. The first-order chi connectivity index (χ1) is 14.4. The molecule has 30 heavy (non-hydrogen) atoms. The van der Waals surface area contributed by atoms with Crippen LogP contribution in [-0.4, -0.2) is 25.9 Å². The molecule has 1 aliphatic rings. The normalized spacial score (nSPS) is 14.2. The molecule has 0 saturated heterocycles. The van der Waals surface area contributed by atoms with Gasteiger partial charge in [-0.05, 0) is 23.6 Å². The van der Waals surface area contributed by atoms with Crippen molar-refractivity contribution in [3.8, 4) is 11.3 Å². The molecule has 1 amide bonds. The average molecular weight is 456 g/mol.